The number of piperidine rings is 1. The molecule has 2 aliphatic rings. The lowest BCUT2D eigenvalue weighted by atomic mass is 9.93. The van der Waals surface area contributed by atoms with Crippen molar-refractivity contribution in [2.24, 2.45) is 5.92 Å². The Kier molecular flexibility index (Phi) is 4.93. The molecule has 0 aliphatic carbocycles. The molecule has 1 aromatic carbocycles. The standard InChI is InChI=1S/C17H26N2O/c1-2-6-17-16(5-1)14-19(12-13-20-17)11-3-4-15-7-9-18-10-8-15/h1-2,5-6,15,18H,3-4,7-14H2. The molecule has 0 saturated carbocycles. The Bertz CT molecular complexity index is 415. The summed E-state index contributed by atoms with van der Waals surface area (Å²) >= 11 is 0. The molecule has 0 unspecified atom stereocenters. The van der Waals surface area contributed by atoms with Crippen LogP contribution in [0.1, 0.15) is 31.2 Å². The van der Waals surface area contributed by atoms with Crippen molar-refractivity contribution in [2.75, 3.05) is 32.8 Å². The zero-order valence-electron chi connectivity index (χ0n) is 12.3. The molecule has 1 fully saturated rings. The van der Waals surface area contributed by atoms with Gasteiger partial charge >= 0.3 is 0 Å². The molecule has 2 heterocycles. The Morgan fingerprint density at radius 3 is 2.95 bits per heavy atom. The number of para-hydroxylation sites is 1. The first-order chi connectivity index (χ1) is 9.92. The molecule has 20 heavy (non-hydrogen) atoms. The minimum absolute atomic E-state index is 0.824. The van der Waals surface area contributed by atoms with Crippen LogP contribution in [0.5, 0.6) is 5.75 Å². The van der Waals surface area contributed by atoms with Crippen molar-refractivity contribution >= 4 is 0 Å². The van der Waals surface area contributed by atoms with Crippen LogP contribution < -0.4 is 10.1 Å². The summed E-state index contributed by atoms with van der Waals surface area (Å²) in [6.45, 7) is 6.57. The van der Waals surface area contributed by atoms with E-state index in [4.69, 9.17) is 4.74 Å². The Balaban J connectivity index is 1.46. The van der Waals surface area contributed by atoms with Gasteiger partial charge in [0.2, 0.25) is 0 Å². The predicted molar refractivity (Wildman–Crippen MR) is 82.0 cm³/mol. The van der Waals surface area contributed by atoms with Gasteiger partial charge in [-0.05, 0) is 57.3 Å². The minimum Gasteiger partial charge on any atom is -0.492 e. The van der Waals surface area contributed by atoms with Crippen molar-refractivity contribution in [3.63, 3.8) is 0 Å². The zero-order chi connectivity index (χ0) is 13.6. The molecule has 0 radical (unpaired) electrons. The number of rotatable bonds is 4. The zero-order valence-corrected chi connectivity index (χ0v) is 12.3. The Morgan fingerprint density at radius 2 is 2.05 bits per heavy atom. The van der Waals surface area contributed by atoms with Crippen LogP contribution in [0.25, 0.3) is 0 Å². The van der Waals surface area contributed by atoms with E-state index in [-0.39, 0.29) is 0 Å². The lowest BCUT2D eigenvalue weighted by Crippen LogP contribution is -2.29. The summed E-state index contributed by atoms with van der Waals surface area (Å²) in [7, 11) is 0. The molecule has 0 atom stereocenters. The number of nitrogens with zero attached hydrogens (tertiary/aromatic N) is 1. The van der Waals surface area contributed by atoms with Crippen LogP contribution >= 0.6 is 0 Å². The highest BCUT2D eigenvalue weighted by Gasteiger charge is 2.16. The van der Waals surface area contributed by atoms with E-state index in [2.05, 4.69) is 34.5 Å². The third kappa shape index (κ3) is 3.74. The minimum atomic E-state index is 0.824. The maximum absolute atomic E-state index is 5.83. The largest absolute Gasteiger partial charge is 0.492 e. The topological polar surface area (TPSA) is 24.5 Å². The van der Waals surface area contributed by atoms with Crippen molar-refractivity contribution in [1.29, 1.82) is 0 Å². The second-order valence-corrected chi connectivity index (χ2v) is 6.07. The lowest BCUT2D eigenvalue weighted by Gasteiger charge is -2.24. The van der Waals surface area contributed by atoms with Gasteiger partial charge in [-0.3, -0.25) is 4.90 Å². The van der Waals surface area contributed by atoms with E-state index < -0.39 is 0 Å². The maximum atomic E-state index is 5.83. The Morgan fingerprint density at radius 1 is 1.20 bits per heavy atom. The monoisotopic (exact) mass is 274 g/mol. The molecular formula is C17H26N2O. The highest BCUT2D eigenvalue weighted by molar-refractivity contribution is 5.33. The quantitative estimate of drug-likeness (QED) is 0.913. The summed E-state index contributed by atoms with van der Waals surface area (Å²) in [5.41, 5.74) is 1.34. The van der Waals surface area contributed by atoms with Gasteiger partial charge in [-0.15, -0.1) is 0 Å². The van der Waals surface area contributed by atoms with Crippen LogP contribution in [0.15, 0.2) is 24.3 Å². The summed E-state index contributed by atoms with van der Waals surface area (Å²) in [6, 6.07) is 8.46. The van der Waals surface area contributed by atoms with E-state index in [1.54, 1.807) is 0 Å². The average Bonchev–Trinajstić information content (AvgIpc) is 2.70. The van der Waals surface area contributed by atoms with Gasteiger partial charge in [0.1, 0.15) is 12.4 Å². The van der Waals surface area contributed by atoms with Gasteiger partial charge in [0.15, 0.2) is 0 Å². The predicted octanol–water partition coefficient (Wildman–Crippen LogP) is 2.66. The van der Waals surface area contributed by atoms with Crippen LogP contribution in [0.3, 0.4) is 0 Å². The molecule has 3 nitrogen and oxygen atoms in total. The number of hydrogen-bond acceptors (Lipinski definition) is 3. The molecule has 0 bridgehead atoms. The number of fused-ring (bicyclic) bond motifs is 1. The van der Waals surface area contributed by atoms with Crippen LogP contribution in [0.4, 0.5) is 0 Å². The third-order valence-electron chi connectivity index (χ3n) is 4.58. The van der Waals surface area contributed by atoms with Crippen LogP contribution in [-0.2, 0) is 6.54 Å². The number of ether oxygens (including phenoxy) is 1. The van der Waals surface area contributed by atoms with E-state index in [1.807, 2.05) is 0 Å². The first-order valence-electron chi connectivity index (χ1n) is 8.05. The molecule has 1 N–H and O–H groups in total. The Labute approximate surface area is 122 Å². The fourth-order valence-corrected chi connectivity index (χ4v) is 3.34. The van der Waals surface area contributed by atoms with Gasteiger partial charge in [0.05, 0.1) is 0 Å². The summed E-state index contributed by atoms with van der Waals surface area (Å²) in [5, 5.41) is 3.45. The fourth-order valence-electron chi connectivity index (χ4n) is 3.34. The second kappa shape index (κ2) is 7.09. The molecule has 3 heteroatoms. The van der Waals surface area contributed by atoms with E-state index in [1.165, 1.54) is 50.9 Å². The van der Waals surface area contributed by atoms with Gasteiger partial charge in [-0.25, -0.2) is 0 Å². The van der Waals surface area contributed by atoms with Crippen molar-refractivity contribution in [2.45, 2.75) is 32.2 Å². The van der Waals surface area contributed by atoms with Crippen molar-refractivity contribution in [3.05, 3.63) is 29.8 Å². The summed E-state index contributed by atoms with van der Waals surface area (Å²) in [6.07, 6.45) is 5.45. The van der Waals surface area contributed by atoms with Crippen molar-refractivity contribution in [1.82, 2.24) is 10.2 Å². The highest BCUT2D eigenvalue weighted by atomic mass is 16.5. The van der Waals surface area contributed by atoms with Crippen molar-refractivity contribution < 1.29 is 4.74 Å². The molecule has 2 aliphatic heterocycles. The van der Waals surface area contributed by atoms with E-state index in [0.29, 0.717) is 0 Å². The summed E-state index contributed by atoms with van der Waals surface area (Å²) in [4.78, 5) is 2.55. The van der Waals surface area contributed by atoms with E-state index in [9.17, 15) is 0 Å². The normalized spacial score (nSPS) is 21.0. The van der Waals surface area contributed by atoms with Gasteiger partial charge in [0, 0.05) is 18.7 Å². The van der Waals surface area contributed by atoms with Gasteiger partial charge in [0.25, 0.3) is 0 Å². The molecule has 0 spiro atoms. The van der Waals surface area contributed by atoms with Gasteiger partial charge < -0.3 is 10.1 Å². The SMILES string of the molecule is c1ccc2c(c1)CN(CCCC1CCNCC1)CCO2. The number of nitrogens with one attached hydrogen (secondary N) is 1. The van der Waals surface area contributed by atoms with E-state index >= 15 is 0 Å². The highest BCUT2D eigenvalue weighted by Crippen LogP contribution is 2.23. The smallest absolute Gasteiger partial charge is 0.123 e. The Hall–Kier alpha value is -1.06. The summed E-state index contributed by atoms with van der Waals surface area (Å²) < 4.78 is 5.83. The van der Waals surface area contributed by atoms with Crippen molar-refractivity contribution in [3.8, 4) is 5.75 Å². The van der Waals surface area contributed by atoms with Crippen LogP contribution in [0.2, 0.25) is 0 Å². The molecule has 0 aromatic heterocycles. The average molecular weight is 274 g/mol. The second-order valence-electron chi connectivity index (χ2n) is 6.07. The fraction of sp³-hybridized carbons (Fsp3) is 0.647. The molecule has 1 saturated heterocycles. The van der Waals surface area contributed by atoms with Crippen LogP contribution in [0, 0.1) is 5.92 Å². The molecular weight excluding hydrogens is 248 g/mol. The van der Waals surface area contributed by atoms with Crippen LogP contribution in [-0.4, -0.2) is 37.7 Å². The van der Waals surface area contributed by atoms with E-state index in [0.717, 1.165) is 31.4 Å². The first kappa shape index (κ1) is 13.9. The lowest BCUT2D eigenvalue weighted by molar-refractivity contribution is 0.215. The third-order valence-corrected chi connectivity index (χ3v) is 4.58. The first-order valence-corrected chi connectivity index (χ1v) is 8.05. The number of hydrogen-bond donors (Lipinski definition) is 1. The molecule has 3 rings (SSSR count). The molecule has 0 amide bonds. The van der Waals surface area contributed by atoms with Gasteiger partial charge in [-0.1, -0.05) is 18.2 Å². The maximum Gasteiger partial charge on any atom is 0.123 e. The number of benzene rings is 1. The molecule has 1 aromatic rings. The summed E-state index contributed by atoms with van der Waals surface area (Å²) in [5.74, 6) is 2.03. The molecule has 110 valence electrons. The van der Waals surface area contributed by atoms with Gasteiger partial charge in [-0.2, -0.15) is 0 Å².